The molecule has 0 atom stereocenters. The van der Waals surface area contributed by atoms with Gasteiger partial charge in [0.2, 0.25) is 0 Å². The highest BCUT2D eigenvalue weighted by molar-refractivity contribution is 9.10. The second-order valence-corrected chi connectivity index (χ2v) is 8.07. The Morgan fingerprint density at radius 3 is 2.29 bits per heavy atom. The maximum Gasteiger partial charge on any atom is 0.261 e. The third kappa shape index (κ3) is 3.96. The highest BCUT2D eigenvalue weighted by Gasteiger charge is 2.35. The number of fused-ring (bicyclic) bond motifs is 1. The number of hydrogen-bond acceptors (Lipinski definition) is 4. The fourth-order valence-electron chi connectivity index (χ4n) is 3.51. The monoisotopic (exact) mass is 478 g/mol. The topological polar surface area (TPSA) is 75.7 Å². The van der Waals surface area contributed by atoms with Gasteiger partial charge in [-0.1, -0.05) is 24.3 Å². The van der Waals surface area contributed by atoms with E-state index in [4.69, 9.17) is 4.74 Å². The standard InChI is InChI=1S/C24H19BrN2O4/c1-14-7-9-20(19(25)11-14)26-22(28)18-12-15(8-10-21(18)31-2)13-27-23(29)16-5-3-4-6-17(16)24(27)30/h3-12H,13H2,1-2H3,(H,26,28). The number of hydrogen-bond donors (Lipinski definition) is 1. The van der Waals surface area contributed by atoms with Gasteiger partial charge in [-0.15, -0.1) is 0 Å². The van der Waals surface area contributed by atoms with Crippen molar-refractivity contribution in [3.05, 3.63) is 93.0 Å². The Bertz CT molecular complexity index is 1190. The maximum atomic E-state index is 13.0. The van der Waals surface area contributed by atoms with Gasteiger partial charge in [-0.2, -0.15) is 0 Å². The number of carbonyl (C=O) groups is 3. The van der Waals surface area contributed by atoms with Crippen molar-refractivity contribution in [1.82, 2.24) is 4.90 Å². The lowest BCUT2D eigenvalue weighted by atomic mass is 10.1. The summed E-state index contributed by atoms with van der Waals surface area (Å²) >= 11 is 3.46. The summed E-state index contributed by atoms with van der Waals surface area (Å²) in [4.78, 5) is 39.5. The van der Waals surface area contributed by atoms with Crippen LogP contribution >= 0.6 is 15.9 Å². The number of imide groups is 1. The first-order valence-electron chi connectivity index (χ1n) is 9.58. The van der Waals surface area contributed by atoms with Crippen LogP contribution in [0.3, 0.4) is 0 Å². The average Bonchev–Trinajstić information content (AvgIpc) is 3.00. The number of methoxy groups -OCH3 is 1. The Hall–Kier alpha value is -3.45. The van der Waals surface area contributed by atoms with Crippen LogP contribution in [-0.2, 0) is 6.54 Å². The largest absolute Gasteiger partial charge is 0.496 e. The van der Waals surface area contributed by atoms with Gasteiger partial charge < -0.3 is 10.1 Å². The van der Waals surface area contributed by atoms with E-state index in [2.05, 4.69) is 21.2 Å². The lowest BCUT2D eigenvalue weighted by Gasteiger charge is -2.16. The number of carbonyl (C=O) groups excluding carboxylic acids is 3. The summed E-state index contributed by atoms with van der Waals surface area (Å²) < 4.78 is 6.12. The smallest absolute Gasteiger partial charge is 0.261 e. The summed E-state index contributed by atoms with van der Waals surface area (Å²) in [7, 11) is 1.48. The number of amides is 3. The zero-order valence-corrected chi connectivity index (χ0v) is 18.5. The van der Waals surface area contributed by atoms with Gasteiger partial charge in [-0.3, -0.25) is 19.3 Å². The van der Waals surface area contributed by atoms with Crippen LogP contribution in [-0.4, -0.2) is 29.7 Å². The van der Waals surface area contributed by atoms with E-state index >= 15 is 0 Å². The third-order valence-corrected chi connectivity index (χ3v) is 5.76. The Morgan fingerprint density at radius 2 is 1.68 bits per heavy atom. The molecule has 0 saturated heterocycles. The molecule has 4 rings (SSSR count). The summed E-state index contributed by atoms with van der Waals surface area (Å²) in [5.41, 5.74) is 3.42. The first-order chi connectivity index (χ1) is 14.9. The van der Waals surface area contributed by atoms with Gasteiger partial charge in [0.15, 0.2) is 0 Å². The van der Waals surface area contributed by atoms with Gasteiger partial charge in [0.1, 0.15) is 5.75 Å². The van der Waals surface area contributed by atoms with Crippen LogP contribution in [0.1, 0.15) is 42.2 Å². The summed E-state index contributed by atoms with van der Waals surface area (Å²) in [6, 6.07) is 17.4. The van der Waals surface area contributed by atoms with Crippen LogP contribution in [0.4, 0.5) is 5.69 Å². The fourth-order valence-corrected chi connectivity index (χ4v) is 4.10. The number of ether oxygens (including phenoxy) is 1. The van der Waals surface area contributed by atoms with Gasteiger partial charge in [0, 0.05) is 4.47 Å². The van der Waals surface area contributed by atoms with E-state index in [1.165, 1.54) is 12.0 Å². The van der Waals surface area contributed by atoms with Crippen molar-refractivity contribution in [1.29, 1.82) is 0 Å². The second-order valence-electron chi connectivity index (χ2n) is 7.21. The molecule has 0 radical (unpaired) electrons. The molecule has 1 aliphatic rings. The third-order valence-electron chi connectivity index (χ3n) is 5.10. The van der Waals surface area contributed by atoms with Gasteiger partial charge in [0.05, 0.1) is 36.0 Å². The van der Waals surface area contributed by atoms with Crippen LogP contribution in [0, 0.1) is 6.92 Å². The zero-order valence-electron chi connectivity index (χ0n) is 16.9. The molecule has 3 amide bonds. The fraction of sp³-hybridized carbons (Fsp3) is 0.125. The molecule has 1 aliphatic heterocycles. The Kier molecular flexibility index (Phi) is 5.61. The number of benzene rings is 3. The van der Waals surface area contributed by atoms with E-state index in [1.54, 1.807) is 42.5 Å². The van der Waals surface area contributed by atoms with E-state index in [0.717, 1.165) is 10.0 Å². The van der Waals surface area contributed by atoms with Crippen LogP contribution < -0.4 is 10.1 Å². The predicted molar refractivity (Wildman–Crippen MR) is 120 cm³/mol. The van der Waals surface area contributed by atoms with Gasteiger partial charge in [-0.25, -0.2) is 0 Å². The molecule has 0 bridgehead atoms. The highest BCUT2D eigenvalue weighted by atomic mass is 79.9. The van der Waals surface area contributed by atoms with E-state index < -0.39 is 0 Å². The molecule has 156 valence electrons. The summed E-state index contributed by atoms with van der Waals surface area (Å²) in [5.74, 6) is -0.644. The summed E-state index contributed by atoms with van der Waals surface area (Å²) in [6.07, 6.45) is 0. The first-order valence-corrected chi connectivity index (χ1v) is 10.4. The van der Waals surface area contributed by atoms with Crippen LogP contribution in [0.25, 0.3) is 0 Å². The molecular formula is C24H19BrN2O4. The molecule has 1 N–H and O–H groups in total. The minimum absolute atomic E-state index is 0.0604. The minimum atomic E-state index is -0.356. The Balaban J connectivity index is 1.60. The molecule has 3 aromatic rings. The van der Waals surface area contributed by atoms with Gasteiger partial charge >= 0.3 is 0 Å². The van der Waals surface area contributed by atoms with Crippen molar-refractivity contribution < 1.29 is 19.1 Å². The second kappa shape index (κ2) is 8.35. The van der Waals surface area contributed by atoms with Crippen molar-refractivity contribution in [2.45, 2.75) is 13.5 Å². The molecule has 6 nitrogen and oxygen atoms in total. The van der Waals surface area contributed by atoms with Crippen molar-refractivity contribution in [3.8, 4) is 5.75 Å². The lowest BCUT2D eigenvalue weighted by molar-refractivity contribution is 0.0642. The normalized spacial score (nSPS) is 12.7. The van der Waals surface area contributed by atoms with Crippen molar-refractivity contribution in [3.63, 3.8) is 0 Å². The molecule has 31 heavy (non-hydrogen) atoms. The van der Waals surface area contributed by atoms with Crippen molar-refractivity contribution in [2.75, 3.05) is 12.4 Å². The minimum Gasteiger partial charge on any atom is -0.496 e. The molecule has 0 fully saturated rings. The van der Waals surface area contributed by atoms with Crippen molar-refractivity contribution >= 4 is 39.3 Å². The molecule has 0 aromatic heterocycles. The molecule has 3 aromatic carbocycles. The van der Waals surface area contributed by atoms with E-state index in [0.29, 0.717) is 33.7 Å². The molecule has 1 heterocycles. The summed E-state index contributed by atoms with van der Waals surface area (Å²) in [6.45, 7) is 2.02. The van der Waals surface area contributed by atoms with E-state index in [9.17, 15) is 14.4 Å². The lowest BCUT2D eigenvalue weighted by Crippen LogP contribution is -2.29. The van der Waals surface area contributed by atoms with Crippen LogP contribution in [0.15, 0.2) is 65.1 Å². The first kappa shape index (κ1) is 20.8. The van der Waals surface area contributed by atoms with Gasteiger partial charge in [-0.05, 0) is 70.4 Å². The maximum absolute atomic E-state index is 13.0. The van der Waals surface area contributed by atoms with E-state index in [-0.39, 0.29) is 24.3 Å². The number of aryl methyl sites for hydroxylation is 1. The molecule has 0 saturated carbocycles. The van der Waals surface area contributed by atoms with Gasteiger partial charge in [0.25, 0.3) is 17.7 Å². The van der Waals surface area contributed by atoms with Crippen LogP contribution in [0.5, 0.6) is 5.75 Å². The summed E-state index contributed by atoms with van der Waals surface area (Å²) in [5, 5.41) is 2.87. The van der Waals surface area contributed by atoms with E-state index in [1.807, 2.05) is 25.1 Å². The molecular weight excluding hydrogens is 460 g/mol. The molecule has 0 spiro atoms. The molecule has 0 unspecified atom stereocenters. The molecule has 0 aliphatic carbocycles. The van der Waals surface area contributed by atoms with Crippen LogP contribution in [0.2, 0.25) is 0 Å². The average molecular weight is 479 g/mol. The number of nitrogens with one attached hydrogen (secondary N) is 1. The number of nitrogens with zero attached hydrogens (tertiary/aromatic N) is 1. The SMILES string of the molecule is COc1ccc(CN2C(=O)c3ccccc3C2=O)cc1C(=O)Nc1ccc(C)cc1Br. The molecule has 7 heteroatoms. The quantitative estimate of drug-likeness (QED) is 0.533. The highest BCUT2D eigenvalue weighted by Crippen LogP contribution is 2.28. The number of rotatable bonds is 5. The Morgan fingerprint density at radius 1 is 1.00 bits per heavy atom. The number of anilines is 1. The van der Waals surface area contributed by atoms with Crippen molar-refractivity contribution in [2.24, 2.45) is 0 Å². The predicted octanol–water partition coefficient (Wildman–Crippen LogP) is 4.81. The number of halogens is 1. The zero-order chi connectivity index (χ0) is 22.1. The Labute approximate surface area is 188 Å².